The van der Waals surface area contributed by atoms with E-state index < -0.39 is 0 Å². The van der Waals surface area contributed by atoms with E-state index in [0.717, 1.165) is 10.4 Å². The number of thiazole rings is 1. The van der Waals surface area contributed by atoms with Crippen molar-refractivity contribution in [3.8, 4) is 5.75 Å². The summed E-state index contributed by atoms with van der Waals surface area (Å²) in [4.78, 5) is 5.00. The number of benzene rings is 1. The number of rotatable bonds is 4. The smallest absolute Gasteiger partial charge is 0.143 e. The zero-order valence-electron chi connectivity index (χ0n) is 8.82. The predicted molar refractivity (Wildman–Crippen MR) is 70.8 cm³/mol. The van der Waals surface area contributed by atoms with Crippen LogP contribution in [0, 0.1) is 0 Å². The second-order valence-electron chi connectivity index (χ2n) is 3.34. The Morgan fingerprint density at radius 3 is 2.82 bits per heavy atom. The van der Waals surface area contributed by atoms with Crippen molar-refractivity contribution >= 4 is 34.5 Å². The fourth-order valence-corrected chi connectivity index (χ4v) is 2.48. The van der Waals surface area contributed by atoms with Crippen LogP contribution < -0.4 is 10.5 Å². The molecule has 2 N–H and O–H groups in total. The van der Waals surface area contributed by atoms with Gasteiger partial charge in [0.2, 0.25) is 0 Å². The third-order valence-corrected chi connectivity index (χ3v) is 3.40. The second-order valence-corrected chi connectivity index (χ2v) is 5.15. The molecule has 0 radical (unpaired) electrons. The van der Waals surface area contributed by atoms with Crippen LogP contribution in [-0.4, -0.2) is 4.98 Å². The third kappa shape index (κ3) is 3.10. The Balaban J connectivity index is 2.19. The lowest BCUT2D eigenvalue weighted by atomic mass is 10.2. The van der Waals surface area contributed by atoms with E-state index in [1.54, 1.807) is 23.8 Å². The van der Waals surface area contributed by atoms with Crippen molar-refractivity contribution in [3.63, 3.8) is 0 Å². The van der Waals surface area contributed by atoms with Crippen molar-refractivity contribution in [1.82, 2.24) is 4.98 Å². The first kappa shape index (κ1) is 12.6. The molecule has 0 aliphatic heterocycles. The zero-order chi connectivity index (χ0) is 12.3. The van der Waals surface area contributed by atoms with Gasteiger partial charge in [0, 0.05) is 23.3 Å². The van der Waals surface area contributed by atoms with Crippen molar-refractivity contribution in [1.29, 1.82) is 0 Å². The molecule has 1 aromatic carbocycles. The number of aromatic nitrogens is 1. The Hall–Kier alpha value is -0.810. The Kier molecular flexibility index (Phi) is 4.23. The monoisotopic (exact) mass is 288 g/mol. The van der Waals surface area contributed by atoms with Crippen LogP contribution in [0.25, 0.3) is 0 Å². The summed E-state index contributed by atoms with van der Waals surface area (Å²) in [5.74, 6) is 0.590. The maximum Gasteiger partial charge on any atom is 0.143 e. The largest absolute Gasteiger partial charge is 0.486 e. The summed E-state index contributed by atoms with van der Waals surface area (Å²) < 4.78 is 5.66. The van der Waals surface area contributed by atoms with E-state index in [4.69, 9.17) is 33.7 Å². The van der Waals surface area contributed by atoms with Gasteiger partial charge in [-0.2, -0.15) is 0 Å². The molecule has 2 rings (SSSR count). The molecule has 0 aliphatic rings. The summed E-state index contributed by atoms with van der Waals surface area (Å²) in [7, 11) is 0. The van der Waals surface area contributed by atoms with Crippen molar-refractivity contribution in [2.24, 2.45) is 5.73 Å². The van der Waals surface area contributed by atoms with Gasteiger partial charge in [-0.1, -0.05) is 23.2 Å². The van der Waals surface area contributed by atoms with E-state index in [1.807, 2.05) is 0 Å². The molecule has 1 aromatic heterocycles. The van der Waals surface area contributed by atoms with E-state index in [2.05, 4.69) is 4.98 Å². The first-order valence-electron chi connectivity index (χ1n) is 4.89. The highest BCUT2D eigenvalue weighted by atomic mass is 35.5. The number of hydrogen-bond donors (Lipinski definition) is 1. The lowest BCUT2D eigenvalue weighted by molar-refractivity contribution is 0.306. The van der Waals surface area contributed by atoms with E-state index in [0.29, 0.717) is 28.9 Å². The summed E-state index contributed by atoms with van der Waals surface area (Å²) in [6.07, 6.45) is 1.76. The molecule has 17 heavy (non-hydrogen) atoms. The molecule has 0 fully saturated rings. The molecule has 1 heterocycles. The van der Waals surface area contributed by atoms with Gasteiger partial charge < -0.3 is 10.5 Å². The minimum absolute atomic E-state index is 0.332. The van der Waals surface area contributed by atoms with Gasteiger partial charge in [0.15, 0.2) is 0 Å². The minimum atomic E-state index is 0.332. The number of ether oxygens (including phenoxy) is 1. The Morgan fingerprint density at radius 1 is 1.35 bits per heavy atom. The molecule has 0 spiro atoms. The van der Waals surface area contributed by atoms with Crippen LogP contribution in [-0.2, 0) is 13.2 Å². The van der Waals surface area contributed by atoms with Gasteiger partial charge in [0.05, 0.1) is 15.4 Å². The highest BCUT2D eigenvalue weighted by molar-refractivity contribution is 7.09. The van der Waals surface area contributed by atoms with Crippen LogP contribution >= 0.6 is 34.5 Å². The molecule has 2 aromatic rings. The fraction of sp³-hybridized carbons (Fsp3) is 0.182. The average Bonchev–Trinajstić information content (AvgIpc) is 2.79. The number of nitrogens with zero attached hydrogens (tertiary/aromatic N) is 1. The first-order valence-corrected chi connectivity index (χ1v) is 6.52. The van der Waals surface area contributed by atoms with Gasteiger partial charge in [-0.05, 0) is 12.1 Å². The highest BCUT2D eigenvalue weighted by Gasteiger charge is 2.10. The normalized spacial score (nSPS) is 10.5. The molecule has 0 aliphatic carbocycles. The van der Waals surface area contributed by atoms with Gasteiger partial charge in [0.1, 0.15) is 12.4 Å². The molecule has 0 saturated carbocycles. The van der Waals surface area contributed by atoms with E-state index >= 15 is 0 Å². The second kappa shape index (κ2) is 5.69. The Labute approximate surface area is 113 Å². The number of halogens is 2. The SMILES string of the molecule is NCc1cc(Cl)cc(Cl)c1OCc1cncs1. The van der Waals surface area contributed by atoms with Crippen molar-refractivity contribution < 1.29 is 4.74 Å². The van der Waals surface area contributed by atoms with Gasteiger partial charge in [-0.3, -0.25) is 4.98 Å². The molecule has 0 bridgehead atoms. The number of hydrogen-bond acceptors (Lipinski definition) is 4. The van der Waals surface area contributed by atoms with E-state index in [1.165, 1.54) is 11.3 Å². The minimum Gasteiger partial charge on any atom is -0.486 e. The number of nitrogens with two attached hydrogens (primary N) is 1. The molecule has 0 unspecified atom stereocenters. The lowest BCUT2D eigenvalue weighted by Crippen LogP contribution is -2.03. The molecule has 3 nitrogen and oxygen atoms in total. The maximum atomic E-state index is 6.08. The van der Waals surface area contributed by atoms with Crippen LogP contribution in [0.2, 0.25) is 10.0 Å². The van der Waals surface area contributed by atoms with Crippen LogP contribution in [0.4, 0.5) is 0 Å². The summed E-state index contributed by atoms with van der Waals surface area (Å²) in [6, 6.07) is 3.40. The van der Waals surface area contributed by atoms with Crippen molar-refractivity contribution in [3.05, 3.63) is 44.3 Å². The molecular weight excluding hydrogens is 279 g/mol. The summed E-state index contributed by atoms with van der Waals surface area (Å²) in [5.41, 5.74) is 8.18. The summed E-state index contributed by atoms with van der Waals surface area (Å²) in [5, 5.41) is 1.03. The topological polar surface area (TPSA) is 48.1 Å². The molecule has 0 atom stereocenters. The predicted octanol–water partition coefficient (Wildman–Crippen LogP) is 3.49. The zero-order valence-corrected chi connectivity index (χ0v) is 11.1. The molecule has 0 saturated heterocycles. The highest BCUT2D eigenvalue weighted by Crippen LogP contribution is 2.32. The van der Waals surface area contributed by atoms with E-state index in [-0.39, 0.29) is 0 Å². The van der Waals surface area contributed by atoms with Gasteiger partial charge in [-0.15, -0.1) is 11.3 Å². The molecular formula is C11H10Cl2N2OS. The molecule has 90 valence electrons. The molecule has 0 amide bonds. The first-order chi connectivity index (χ1) is 8.20. The quantitative estimate of drug-likeness (QED) is 0.937. The van der Waals surface area contributed by atoms with Crippen molar-refractivity contribution in [2.45, 2.75) is 13.2 Å². The van der Waals surface area contributed by atoms with Crippen molar-refractivity contribution in [2.75, 3.05) is 0 Å². The molecule has 6 heteroatoms. The van der Waals surface area contributed by atoms with Crippen LogP contribution in [0.15, 0.2) is 23.8 Å². The van der Waals surface area contributed by atoms with Gasteiger partial charge in [-0.25, -0.2) is 0 Å². The fourth-order valence-electron chi connectivity index (χ4n) is 1.38. The Bertz CT molecular complexity index is 502. The van der Waals surface area contributed by atoms with Crippen LogP contribution in [0.3, 0.4) is 0 Å². The standard InChI is InChI=1S/C11H10Cl2N2OS/c12-8-1-7(3-14)11(10(13)2-8)16-5-9-4-15-6-17-9/h1-2,4,6H,3,5,14H2. The van der Waals surface area contributed by atoms with Gasteiger partial charge in [0.25, 0.3) is 0 Å². The summed E-state index contributed by atoms with van der Waals surface area (Å²) >= 11 is 13.5. The lowest BCUT2D eigenvalue weighted by Gasteiger charge is -2.11. The average molecular weight is 289 g/mol. The van der Waals surface area contributed by atoms with Crippen LogP contribution in [0.1, 0.15) is 10.4 Å². The van der Waals surface area contributed by atoms with E-state index in [9.17, 15) is 0 Å². The van der Waals surface area contributed by atoms with Gasteiger partial charge >= 0.3 is 0 Å². The Morgan fingerprint density at radius 2 is 2.18 bits per heavy atom. The summed E-state index contributed by atoms with van der Waals surface area (Å²) in [6.45, 7) is 0.761. The third-order valence-electron chi connectivity index (χ3n) is 2.15. The maximum absolute atomic E-state index is 6.08. The van der Waals surface area contributed by atoms with Crippen LogP contribution in [0.5, 0.6) is 5.75 Å².